The van der Waals surface area contributed by atoms with Gasteiger partial charge in [-0.2, -0.15) is 0 Å². The maximum Gasteiger partial charge on any atom is 0.211 e. The highest BCUT2D eigenvalue weighted by atomic mass is 19.1. The number of hydrogen-bond acceptors (Lipinski definition) is 1. The first-order valence-electron chi connectivity index (χ1n) is 10.1. The van der Waals surface area contributed by atoms with Gasteiger partial charge < -0.3 is 9.88 Å². The van der Waals surface area contributed by atoms with Crippen LogP contribution in [0.1, 0.15) is 41.3 Å². The molecule has 4 rings (SSSR count). The van der Waals surface area contributed by atoms with E-state index in [1.807, 2.05) is 19.9 Å². The van der Waals surface area contributed by atoms with Crippen LogP contribution in [-0.4, -0.2) is 11.0 Å². The third-order valence-electron chi connectivity index (χ3n) is 5.87. The van der Waals surface area contributed by atoms with Crippen LogP contribution in [0.15, 0.2) is 48.7 Å². The largest absolute Gasteiger partial charge is 0.340 e. The van der Waals surface area contributed by atoms with Crippen molar-refractivity contribution < 1.29 is 13.6 Å². The van der Waals surface area contributed by atoms with E-state index < -0.39 is 11.6 Å². The lowest BCUT2D eigenvalue weighted by Crippen LogP contribution is -2.05. The monoisotopic (exact) mass is 406 g/mol. The van der Waals surface area contributed by atoms with Crippen molar-refractivity contribution in [2.45, 2.75) is 39.7 Å². The Labute approximate surface area is 174 Å². The number of aryl methyl sites for hydroxylation is 2. The summed E-state index contributed by atoms with van der Waals surface area (Å²) in [6, 6.07) is 8.06. The predicted molar refractivity (Wildman–Crippen MR) is 116 cm³/mol. The Hall–Kier alpha value is -3.21. The summed E-state index contributed by atoms with van der Waals surface area (Å²) >= 11 is 0. The zero-order chi connectivity index (χ0) is 21.3. The highest BCUT2D eigenvalue weighted by Crippen LogP contribution is 2.36. The van der Waals surface area contributed by atoms with Gasteiger partial charge in [-0.15, -0.1) is 0 Å². The number of nitrogens with zero attached hydrogens (tertiary/aromatic N) is 1. The first-order valence-corrected chi connectivity index (χ1v) is 10.1. The lowest BCUT2D eigenvalue weighted by molar-refractivity contribution is -0.108. The summed E-state index contributed by atoms with van der Waals surface area (Å²) in [6.45, 7) is 4.30. The fourth-order valence-electron chi connectivity index (χ4n) is 4.45. The van der Waals surface area contributed by atoms with Crippen LogP contribution >= 0.6 is 0 Å². The van der Waals surface area contributed by atoms with Crippen molar-refractivity contribution in [1.29, 1.82) is 0 Å². The number of aromatic nitrogens is 1. The van der Waals surface area contributed by atoms with Gasteiger partial charge in [-0.3, -0.25) is 4.79 Å². The average molecular weight is 406 g/mol. The highest BCUT2D eigenvalue weighted by molar-refractivity contribution is 5.96. The molecule has 1 aliphatic carbocycles. The molecule has 0 bridgehead atoms. The van der Waals surface area contributed by atoms with E-state index in [0.717, 1.165) is 53.1 Å². The van der Waals surface area contributed by atoms with Crippen LogP contribution < -0.4 is 5.32 Å². The molecule has 0 radical (unpaired) electrons. The number of carbonyl (C=O) groups is 1. The van der Waals surface area contributed by atoms with Crippen LogP contribution in [0, 0.1) is 18.6 Å². The van der Waals surface area contributed by atoms with E-state index >= 15 is 0 Å². The number of amides is 1. The number of nitrogens with one attached hydrogen (secondary N) is 1. The molecule has 1 aliphatic rings. The van der Waals surface area contributed by atoms with Crippen molar-refractivity contribution >= 4 is 22.9 Å². The third-order valence-corrected chi connectivity index (χ3v) is 5.87. The van der Waals surface area contributed by atoms with Crippen LogP contribution in [0.2, 0.25) is 0 Å². The molecule has 0 aliphatic heterocycles. The molecule has 0 atom stereocenters. The van der Waals surface area contributed by atoms with E-state index in [0.29, 0.717) is 12.0 Å². The van der Waals surface area contributed by atoms with E-state index in [2.05, 4.69) is 22.0 Å². The van der Waals surface area contributed by atoms with Gasteiger partial charge >= 0.3 is 0 Å². The van der Waals surface area contributed by atoms with Crippen LogP contribution in [0.3, 0.4) is 0 Å². The number of benzene rings is 2. The Morgan fingerprint density at radius 1 is 1.17 bits per heavy atom. The Bertz CT molecular complexity index is 1190. The molecule has 0 saturated carbocycles. The van der Waals surface area contributed by atoms with Crippen molar-refractivity contribution in [3.8, 4) is 0 Å². The zero-order valence-corrected chi connectivity index (χ0v) is 17.1. The van der Waals surface area contributed by atoms with Gasteiger partial charge in [0.15, 0.2) is 0 Å². The lowest BCUT2D eigenvalue weighted by atomic mass is 10.00. The van der Waals surface area contributed by atoms with Gasteiger partial charge in [-0.25, -0.2) is 8.78 Å². The van der Waals surface area contributed by atoms with E-state index in [9.17, 15) is 13.6 Å². The molecule has 5 heteroatoms. The van der Waals surface area contributed by atoms with E-state index in [1.54, 1.807) is 12.3 Å². The molecule has 3 nitrogen and oxygen atoms in total. The summed E-state index contributed by atoms with van der Waals surface area (Å²) in [5.41, 5.74) is 7.20. The first-order chi connectivity index (χ1) is 14.5. The number of rotatable bonds is 6. The highest BCUT2D eigenvalue weighted by Gasteiger charge is 2.20. The van der Waals surface area contributed by atoms with Crippen LogP contribution in [0.5, 0.6) is 0 Å². The molecule has 30 heavy (non-hydrogen) atoms. The van der Waals surface area contributed by atoms with Gasteiger partial charge in [0.05, 0.1) is 6.54 Å². The second-order valence-electron chi connectivity index (χ2n) is 7.77. The Kier molecular flexibility index (Phi) is 5.53. The minimum Gasteiger partial charge on any atom is -0.340 e. The van der Waals surface area contributed by atoms with Crippen molar-refractivity contribution in [1.82, 2.24) is 9.88 Å². The molecule has 2 aromatic carbocycles. The molecule has 154 valence electrons. The minimum atomic E-state index is -0.439. The van der Waals surface area contributed by atoms with Crippen molar-refractivity contribution in [3.05, 3.63) is 88.3 Å². The number of fused-ring (bicyclic) bond motifs is 2. The van der Waals surface area contributed by atoms with Gasteiger partial charge in [-0.05, 0) is 86.2 Å². The standard InChI is InChI=1S/C25H24F2N2O/c1-16(5-4-10-28-15-30)25-17(2)29(14-20-11-21(26)8-9-23(20)27)24-13-19-7-3-6-18(19)12-22(24)25/h4-5,8-13,15H,3,6-7,14H2,1-2H3,(H,28,30)/b10-4-,16-5+. The van der Waals surface area contributed by atoms with Crippen LogP contribution in [0.4, 0.5) is 8.78 Å². The third kappa shape index (κ3) is 3.67. The summed E-state index contributed by atoms with van der Waals surface area (Å²) in [5.74, 6) is -0.846. The molecule has 0 unspecified atom stereocenters. The predicted octanol–water partition coefficient (Wildman–Crippen LogP) is 5.43. The maximum atomic E-state index is 14.4. The zero-order valence-electron chi connectivity index (χ0n) is 17.1. The summed E-state index contributed by atoms with van der Waals surface area (Å²) in [5, 5.41) is 3.62. The average Bonchev–Trinajstić information content (AvgIpc) is 3.28. The fraction of sp³-hybridized carbons (Fsp3) is 0.240. The molecule has 1 heterocycles. The molecular weight excluding hydrogens is 382 g/mol. The van der Waals surface area contributed by atoms with E-state index in [1.165, 1.54) is 23.3 Å². The number of carbonyl (C=O) groups excluding carboxylic acids is 1. The van der Waals surface area contributed by atoms with E-state index in [4.69, 9.17) is 0 Å². The molecule has 0 saturated heterocycles. The topological polar surface area (TPSA) is 34.0 Å². The van der Waals surface area contributed by atoms with Crippen molar-refractivity contribution in [2.75, 3.05) is 0 Å². The number of allylic oxidation sites excluding steroid dienone is 3. The van der Waals surface area contributed by atoms with Gasteiger partial charge in [0, 0.05) is 33.9 Å². The maximum absolute atomic E-state index is 14.4. The summed E-state index contributed by atoms with van der Waals surface area (Å²) in [7, 11) is 0. The first kappa shape index (κ1) is 20.1. The van der Waals surface area contributed by atoms with Gasteiger partial charge in [0.1, 0.15) is 11.6 Å². The van der Waals surface area contributed by atoms with Crippen molar-refractivity contribution in [3.63, 3.8) is 0 Å². The Morgan fingerprint density at radius 3 is 2.70 bits per heavy atom. The van der Waals surface area contributed by atoms with Crippen LogP contribution in [-0.2, 0) is 24.2 Å². The second-order valence-corrected chi connectivity index (χ2v) is 7.77. The molecule has 1 N–H and O–H groups in total. The Morgan fingerprint density at radius 2 is 1.93 bits per heavy atom. The molecular formula is C25H24F2N2O. The summed E-state index contributed by atoms with van der Waals surface area (Å²) < 4.78 is 30.2. The summed E-state index contributed by atoms with van der Waals surface area (Å²) in [4.78, 5) is 10.4. The van der Waals surface area contributed by atoms with Crippen molar-refractivity contribution in [2.24, 2.45) is 0 Å². The SMILES string of the molecule is C/C(=C\C=C/NC=O)c1c(C)n(Cc2cc(F)ccc2F)c2cc3c(cc12)CCC3. The number of halogens is 2. The molecule has 0 fully saturated rings. The van der Waals surface area contributed by atoms with Gasteiger partial charge in [0.2, 0.25) is 6.41 Å². The quantitative estimate of drug-likeness (QED) is 0.430. The molecule has 0 spiro atoms. The smallest absolute Gasteiger partial charge is 0.211 e. The molecule has 1 aromatic heterocycles. The Balaban J connectivity index is 1.88. The fourth-order valence-corrected chi connectivity index (χ4v) is 4.45. The van der Waals surface area contributed by atoms with Crippen LogP contribution in [0.25, 0.3) is 16.5 Å². The minimum absolute atomic E-state index is 0.264. The normalized spacial score (nSPS) is 13.9. The second kappa shape index (κ2) is 8.27. The van der Waals surface area contributed by atoms with Gasteiger partial charge in [0.25, 0.3) is 0 Å². The van der Waals surface area contributed by atoms with Gasteiger partial charge in [-0.1, -0.05) is 6.08 Å². The summed E-state index contributed by atoms with van der Waals surface area (Å²) in [6.07, 6.45) is 9.18. The molecule has 3 aromatic rings. The number of hydrogen-bond donors (Lipinski definition) is 1. The van der Waals surface area contributed by atoms with E-state index in [-0.39, 0.29) is 6.54 Å². The lowest BCUT2D eigenvalue weighted by Gasteiger charge is -2.11. The molecule has 1 amide bonds.